The minimum atomic E-state index is -4.92. The lowest BCUT2D eigenvalue weighted by Crippen LogP contribution is -2.18. The van der Waals surface area contributed by atoms with Crippen molar-refractivity contribution in [2.24, 2.45) is 12.8 Å². The second kappa shape index (κ2) is 7.10. The molecule has 10 heteroatoms. The summed E-state index contributed by atoms with van der Waals surface area (Å²) in [7, 11) is 1.21. The van der Waals surface area contributed by atoms with Gasteiger partial charge in [0.25, 0.3) is 5.91 Å². The molecule has 2 N–H and O–H groups in total. The van der Waals surface area contributed by atoms with E-state index in [-0.39, 0.29) is 21.3 Å². The number of carbonyl (C=O) groups excluding carboxylic acids is 1. The smallest absolute Gasteiger partial charge is 0.365 e. The zero-order chi connectivity index (χ0) is 20.8. The first kappa shape index (κ1) is 20.2. The van der Waals surface area contributed by atoms with Crippen LogP contribution in [-0.4, -0.2) is 15.7 Å². The van der Waals surface area contributed by atoms with Crippen molar-refractivity contribution in [3.05, 3.63) is 63.5 Å². The number of aromatic nitrogens is 2. The number of alkyl halides is 3. The first-order chi connectivity index (χ1) is 13.0. The molecule has 0 atom stereocenters. The molecule has 1 heterocycles. The number of aryl methyl sites for hydroxylation is 1. The fourth-order valence-corrected chi connectivity index (χ4v) is 3.19. The number of rotatable bonds is 3. The Bertz CT molecular complexity index is 1090. The molecule has 0 saturated carbocycles. The molecular weight excluding hydrogens is 421 g/mol. The molecule has 28 heavy (non-hydrogen) atoms. The van der Waals surface area contributed by atoms with E-state index >= 15 is 0 Å². The highest BCUT2D eigenvalue weighted by molar-refractivity contribution is 6.42. The number of benzene rings is 2. The number of hydrogen-bond acceptors (Lipinski definition) is 2. The molecule has 0 bridgehead atoms. The molecule has 0 radical (unpaired) electrons. The molecule has 0 aliphatic rings. The van der Waals surface area contributed by atoms with Gasteiger partial charge in [-0.1, -0.05) is 35.3 Å². The number of carbonyl (C=O) groups is 1. The summed E-state index contributed by atoms with van der Waals surface area (Å²) in [5, 5.41) is 3.87. The van der Waals surface area contributed by atoms with E-state index in [0.717, 1.165) is 16.8 Å². The van der Waals surface area contributed by atoms with Gasteiger partial charge in [-0.25, -0.2) is 4.39 Å². The minimum absolute atomic E-state index is 0.00214. The molecule has 2 aromatic carbocycles. The first-order valence-corrected chi connectivity index (χ1v) is 8.45. The summed E-state index contributed by atoms with van der Waals surface area (Å²) in [5.41, 5.74) is 3.43. The van der Waals surface area contributed by atoms with Crippen molar-refractivity contribution in [1.29, 1.82) is 0 Å². The van der Waals surface area contributed by atoms with E-state index in [1.165, 1.54) is 25.2 Å². The third kappa shape index (κ3) is 3.57. The van der Waals surface area contributed by atoms with Gasteiger partial charge in [0.15, 0.2) is 5.69 Å². The molecule has 0 aliphatic carbocycles. The third-order valence-corrected chi connectivity index (χ3v) is 4.77. The largest absolute Gasteiger partial charge is 0.435 e. The minimum Gasteiger partial charge on any atom is -0.365 e. The Morgan fingerprint density at radius 2 is 1.75 bits per heavy atom. The Morgan fingerprint density at radius 1 is 1.07 bits per heavy atom. The number of nitrogens with zero attached hydrogens (tertiary/aromatic N) is 2. The van der Waals surface area contributed by atoms with Crippen LogP contribution in [0.2, 0.25) is 10.0 Å². The molecule has 146 valence electrons. The molecule has 3 aromatic rings. The summed E-state index contributed by atoms with van der Waals surface area (Å²) in [6.45, 7) is 0. The summed E-state index contributed by atoms with van der Waals surface area (Å²) in [6, 6.07) is 8.02. The summed E-state index contributed by atoms with van der Waals surface area (Å²) < 4.78 is 54.8. The molecule has 1 aromatic heterocycles. The van der Waals surface area contributed by atoms with Crippen molar-refractivity contribution < 1.29 is 22.4 Å². The van der Waals surface area contributed by atoms with Gasteiger partial charge < -0.3 is 5.73 Å². The van der Waals surface area contributed by atoms with Crippen molar-refractivity contribution in [3.63, 3.8) is 0 Å². The van der Waals surface area contributed by atoms with Crippen LogP contribution in [0.1, 0.15) is 16.1 Å². The molecular formula is C18H11Cl2F4N3O. The summed E-state index contributed by atoms with van der Waals surface area (Å²) >= 11 is 11.9. The Balaban J connectivity index is 2.37. The predicted molar refractivity (Wildman–Crippen MR) is 97.6 cm³/mol. The van der Waals surface area contributed by atoms with Crippen LogP contribution in [0.3, 0.4) is 0 Å². The first-order valence-electron chi connectivity index (χ1n) is 7.70. The highest BCUT2D eigenvalue weighted by atomic mass is 35.5. The van der Waals surface area contributed by atoms with Gasteiger partial charge in [0.1, 0.15) is 5.82 Å². The van der Waals surface area contributed by atoms with Crippen LogP contribution >= 0.6 is 23.2 Å². The average molecular weight is 432 g/mol. The van der Waals surface area contributed by atoms with Crippen molar-refractivity contribution in [3.8, 4) is 22.4 Å². The predicted octanol–water partition coefficient (Wildman–Crippen LogP) is 5.32. The zero-order valence-corrected chi connectivity index (χ0v) is 15.6. The van der Waals surface area contributed by atoms with Gasteiger partial charge in [0.05, 0.1) is 21.3 Å². The molecule has 4 nitrogen and oxygen atoms in total. The lowest BCUT2D eigenvalue weighted by Gasteiger charge is -2.13. The van der Waals surface area contributed by atoms with Crippen LogP contribution in [0, 0.1) is 5.82 Å². The van der Waals surface area contributed by atoms with Gasteiger partial charge in [-0.3, -0.25) is 9.48 Å². The van der Waals surface area contributed by atoms with Gasteiger partial charge in [0, 0.05) is 12.6 Å². The highest BCUT2D eigenvalue weighted by Crippen LogP contribution is 2.40. The molecule has 0 unspecified atom stereocenters. The van der Waals surface area contributed by atoms with E-state index in [1.807, 2.05) is 0 Å². The van der Waals surface area contributed by atoms with Crippen LogP contribution in [0.15, 0.2) is 36.4 Å². The molecule has 0 spiro atoms. The number of primary amides is 1. The van der Waals surface area contributed by atoms with E-state index < -0.39 is 29.2 Å². The summed E-state index contributed by atoms with van der Waals surface area (Å²) in [5.74, 6) is -2.05. The van der Waals surface area contributed by atoms with E-state index in [9.17, 15) is 22.4 Å². The quantitative estimate of drug-likeness (QED) is 0.570. The van der Waals surface area contributed by atoms with Crippen LogP contribution in [0.25, 0.3) is 22.4 Å². The van der Waals surface area contributed by atoms with Crippen molar-refractivity contribution in [2.45, 2.75) is 6.18 Å². The maximum absolute atomic E-state index is 14.0. The van der Waals surface area contributed by atoms with Crippen molar-refractivity contribution >= 4 is 29.1 Å². The summed E-state index contributed by atoms with van der Waals surface area (Å²) in [4.78, 5) is 11.8. The maximum atomic E-state index is 14.0. The molecule has 0 fully saturated rings. The second-order valence-electron chi connectivity index (χ2n) is 5.88. The van der Waals surface area contributed by atoms with Crippen LogP contribution in [-0.2, 0) is 13.2 Å². The van der Waals surface area contributed by atoms with Crippen molar-refractivity contribution in [1.82, 2.24) is 9.78 Å². The molecule has 1 amide bonds. The van der Waals surface area contributed by atoms with E-state index in [4.69, 9.17) is 28.9 Å². The Kier molecular flexibility index (Phi) is 5.12. The van der Waals surface area contributed by atoms with Gasteiger partial charge in [0.2, 0.25) is 0 Å². The van der Waals surface area contributed by atoms with E-state index in [1.54, 1.807) is 6.07 Å². The van der Waals surface area contributed by atoms with E-state index in [2.05, 4.69) is 5.10 Å². The average Bonchev–Trinajstić information content (AvgIpc) is 2.95. The lowest BCUT2D eigenvalue weighted by atomic mass is 9.94. The fourth-order valence-electron chi connectivity index (χ4n) is 2.89. The van der Waals surface area contributed by atoms with Gasteiger partial charge in [-0.05, 0) is 35.4 Å². The standard InChI is InChI=1S/C18H11Cl2F4N3O/c1-27-15(14(17(25)28)16(26-27)18(22,23)24)11-7-9(21)3-4-10(11)8-2-5-12(19)13(20)6-8/h2-7H,1H3,(H2,25,28). The molecule has 0 saturated heterocycles. The maximum Gasteiger partial charge on any atom is 0.435 e. The zero-order valence-electron chi connectivity index (χ0n) is 14.1. The van der Waals surface area contributed by atoms with Gasteiger partial charge in [-0.2, -0.15) is 18.3 Å². The third-order valence-electron chi connectivity index (χ3n) is 4.03. The Morgan fingerprint density at radius 3 is 2.32 bits per heavy atom. The number of amides is 1. The molecule has 0 aliphatic heterocycles. The highest BCUT2D eigenvalue weighted by Gasteiger charge is 2.41. The lowest BCUT2D eigenvalue weighted by molar-refractivity contribution is -0.141. The fraction of sp³-hybridized carbons (Fsp3) is 0.111. The topological polar surface area (TPSA) is 60.9 Å². The van der Waals surface area contributed by atoms with Crippen LogP contribution in [0.5, 0.6) is 0 Å². The van der Waals surface area contributed by atoms with Gasteiger partial charge in [-0.15, -0.1) is 0 Å². The molecule has 3 rings (SSSR count). The van der Waals surface area contributed by atoms with E-state index in [0.29, 0.717) is 11.1 Å². The number of halogens is 6. The monoisotopic (exact) mass is 431 g/mol. The normalized spacial score (nSPS) is 11.7. The van der Waals surface area contributed by atoms with Gasteiger partial charge >= 0.3 is 6.18 Å². The SMILES string of the molecule is Cn1nc(C(F)(F)F)c(C(N)=O)c1-c1cc(F)ccc1-c1ccc(Cl)c(Cl)c1. The summed E-state index contributed by atoms with van der Waals surface area (Å²) in [6.07, 6.45) is -4.92. The second-order valence-corrected chi connectivity index (χ2v) is 6.69. The van der Waals surface area contributed by atoms with Crippen molar-refractivity contribution in [2.75, 3.05) is 0 Å². The van der Waals surface area contributed by atoms with Crippen LogP contribution in [0.4, 0.5) is 17.6 Å². The Hall–Kier alpha value is -2.58. The number of nitrogens with two attached hydrogens (primary N) is 1. The van der Waals surface area contributed by atoms with Crippen LogP contribution < -0.4 is 5.73 Å². The number of hydrogen-bond donors (Lipinski definition) is 1. The Labute approximate surface area is 166 Å².